The Kier molecular flexibility index (Phi) is 4.94. The summed E-state index contributed by atoms with van der Waals surface area (Å²) < 4.78 is 0. The van der Waals surface area contributed by atoms with E-state index in [2.05, 4.69) is 18.3 Å². The van der Waals surface area contributed by atoms with Crippen molar-refractivity contribution in [1.29, 1.82) is 0 Å². The Balaban J connectivity index is 1.80. The van der Waals surface area contributed by atoms with E-state index in [-0.39, 0.29) is 0 Å². The Morgan fingerprint density at radius 1 is 1.38 bits per heavy atom. The van der Waals surface area contributed by atoms with E-state index in [9.17, 15) is 0 Å². The maximum absolute atomic E-state index is 6.26. The first-order chi connectivity index (χ1) is 10.3. The summed E-state index contributed by atoms with van der Waals surface area (Å²) >= 11 is 8.14. The van der Waals surface area contributed by atoms with Gasteiger partial charge in [-0.15, -0.1) is 11.3 Å². The standard InChI is InChI=1S/C17H21ClN2S/c1-2-19-11-13-7-5-9-15-17(13)20-16(21-15)10-12-6-3-4-8-14(12)18/h3-4,6,8,13,19H,2,5,7,9-11H2,1H3. The molecular formula is C17H21ClN2S. The van der Waals surface area contributed by atoms with Crippen LogP contribution < -0.4 is 5.32 Å². The Labute approximate surface area is 135 Å². The zero-order valence-corrected chi connectivity index (χ0v) is 13.9. The number of fused-ring (bicyclic) bond motifs is 1. The van der Waals surface area contributed by atoms with Crippen LogP contribution in [-0.4, -0.2) is 18.1 Å². The lowest BCUT2D eigenvalue weighted by Gasteiger charge is -2.21. The molecule has 1 heterocycles. The molecule has 1 atom stereocenters. The van der Waals surface area contributed by atoms with Crippen molar-refractivity contribution in [3.8, 4) is 0 Å². The van der Waals surface area contributed by atoms with Crippen LogP contribution in [0.3, 0.4) is 0 Å². The van der Waals surface area contributed by atoms with Crippen molar-refractivity contribution in [2.45, 2.75) is 38.5 Å². The Hall–Kier alpha value is -0.900. The van der Waals surface area contributed by atoms with Crippen LogP contribution in [0.4, 0.5) is 0 Å². The molecule has 112 valence electrons. The second kappa shape index (κ2) is 6.91. The van der Waals surface area contributed by atoms with Crippen LogP contribution in [0.2, 0.25) is 5.02 Å². The smallest absolute Gasteiger partial charge is 0.0975 e. The predicted octanol–water partition coefficient (Wildman–Crippen LogP) is 4.42. The number of aromatic nitrogens is 1. The van der Waals surface area contributed by atoms with Gasteiger partial charge in [-0.1, -0.05) is 36.7 Å². The lowest BCUT2D eigenvalue weighted by atomic mass is 9.91. The van der Waals surface area contributed by atoms with Gasteiger partial charge in [0.15, 0.2) is 0 Å². The van der Waals surface area contributed by atoms with Crippen molar-refractivity contribution < 1.29 is 0 Å². The van der Waals surface area contributed by atoms with Gasteiger partial charge in [-0.05, 0) is 37.4 Å². The molecule has 1 aliphatic carbocycles. The van der Waals surface area contributed by atoms with Gasteiger partial charge in [-0.3, -0.25) is 0 Å². The minimum absolute atomic E-state index is 0.588. The van der Waals surface area contributed by atoms with Crippen LogP contribution in [0, 0.1) is 0 Å². The average Bonchev–Trinajstić information content (AvgIpc) is 2.90. The first kappa shape index (κ1) is 15.0. The van der Waals surface area contributed by atoms with E-state index in [0.29, 0.717) is 5.92 Å². The molecule has 0 aliphatic heterocycles. The van der Waals surface area contributed by atoms with Crippen molar-refractivity contribution in [2.75, 3.05) is 13.1 Å². The summed E-state index contributed by atoms with van der Waals surface area (Å²) in [6.07, 6.45) is 4.59. The lowest BCUT2D eigenvalue weighted by molar-refractivity contribution is 0.508. The monoisotopic (exact) mass is 320 g/mol. The van der Waals surface area contributed by atoms with Crippen molar-refractivity contribution >= 4 is 22.9 Å². The Bertz CT molecular complexity index is 609. The Morgan fingerprint density at radius 2 is 2.24 bits per heavy atom. The minimum Gasteiger partial charge on any atom is -0.316 e. The van der Waals surface area contributed by atoms with E-state index in [1.165, 1.54) is 40.4 Å². The highest BCUT2D eigenvalue weighted by Crippen LogP contribution is 2.35. The van der Waals surface area contributed by atoms with Gasteiger partial charge in [0.05, 0.1) is 10.7 Å². The summed E-state index contributed by atoms with van der Waals surface area (Å²) in [6, 6.07) is 8.07. The lowest BCUT2D eigenvalue weighted by Crippen LogP contribution is -2.24. The van der Waals surface area contributed by atoms with Gasteiger partial charge in [0, 0.05) is 28.8 Å². The van der Waals surface area contributed by atoms with E-state index in [1.54, 1.807) is 0 Å². The number of halogens is 1. The molecule has 0 saturated heterocycles. The first-order valence-corrected chi connectivity index (χ1v) is 8.90. The molecule has 0 bridgehead atoms. The molecule has 1 aromatic carbocycles. The highest BCUT2D eigenvalue weighted by Gasteiger charge is 2.24. The van der Waals surface area contributed by atoms with Gasteiger partial charge in [0.2, 0.25) is 0 Å². The number of hydrogen-bond donors (Lipinski definition) is 1. The van der Waals surface area contributed by atoms with Crippen molar-refractivity contribution in [2.24, 2.45) is 0 Å². The highest BCUT2D eigenvalue weighted by atomic mass is 35.5. The van der Waals surface area contributed by atoms with Crippen LogP contribution >= 0.6 is 22.9 Å². The minimum atomic E-state index is 0.588. The number of nitrogens with one attached hydrogen (secondary N) is 1. The zero-order chi connectivity index (χ0) is 14.7. The maximum atomic E-state index is 6.26. The topological polar surface area (TPSA) is 24.9 Å². The summed E-state index contributed by atoms with van der Waals surface area (Å²) in [5.74, 6) is 0.588. The molecule has 4 heteroatoms. The quantitative estimate of drug-likeness (QED) is 0.882. The van der Waals surface area contributed by atoms with Gasteiger partial charge < -0.3 is 5.32 Å². The summed E-state index contributed by atoms with van der Waals surface area (Å²) in [5.41, 5.74) is 2.52. The van der Waals surface area contributed by atoms with Gasteiger partial charge in [0.1, 0.15) is 0 Å². The molecule has 0 spiro atoms. The summed E-state index contributed by atoms with van der Waals surface area (Å²) in [4.78, 5) is 6.43. The number of nitrogens with zero attached hydrogens (tertiary/aromatic N) is 1. The van der Waals surface area contributed by atoms with Gasteiger partial charge in [0.25, 0.3) is 0 Å². The van der Waals surface area contributed by atoms with Crippen LogP contribution in [0.5, 0.6) is 0 Å². The third kappa shape index (κ3) is 3.47. The molecule has 1 aliphatic rings. The van der Waals surface area contributed by atoms with Crippen LogP contribution in [0.25, 0.3) is 0 Å². The normalized spacial score (nSPS) is 17.7. The number of hydrogen-bond acceptors (Lipinski definition) is 3. The van der Waals surface area contributed by atoms with Crippen molar-refractivity contribution in [3.63, 3.8) is 0 Å². The molecule has 1 aromatic heterocycles. The largest absolute Gasteiger partial charge is 0.316 e. The molecule has 1 unspecified atom stereocenters. The first-order valence-electron chi connectivity index (χ1n) is 7.70. The molecule has 21 heavy (non-hydrogen) atoms. The van der Waals surface area contributed by atoms with E-state index < -0.39 is 0 Å². The molecule has 2 nitrogen and oxygen atoms in total. The van der Waals surface area contributed by atoms with E-state index >= 15 is 0 Å². The maximum Gasteiger partial charge on any atom is 0.0975 e. The van der Waals surface area contributed by atoms with Crippen LogP contribution in [0.1, 0.15) is 46.8 Å². The van der Waals surface area contributed by atoms with E-state index in [1.807, 2.05) is 29.5 Å². The van der Waals surface area contributed by atoms with Gasteiger partial charge in [-0.25, -0.2) is 4.98 Å². The molecule has 0 fully saturated rings. The number of rotatable bonds is 5. The van der Waals surface area contributed by atoms with E-state index in [0.717, 1.165) is 24.5 Å². The van der Waals surface area contributed by atoms with Crippen molar-refractivity contribution in [3.05, 3.63) is 50.4 Å². The highest BCUT2D eigenvalue weighted by molar-refractivity contribution is 7.11. The number of aryl methyl sites for hydroxylation is 1. The average molecular weight is 321 g/mol. The Morgan fingerprint density at radius 3 is 3.05 bits per heavy atom. The fourth-order valence-corrected chi connectivity index (χ4v) is 4.38. The molecule has 0 amide bonds. The van der Waals surface area contributed by atoms with Crippen LogP contribution in [-0.2, 0) is 12.8 Å². The second-order valence-electron chi connectivity index (χ2n) is 5.58. The van der Waals surface area contributed by atoms with Crippen LogP contribution in [0.15, 0.2) is 24.3 Å². The number of likely N-dealkylation sites (N-methyl/N-ethyl adjacent to an activating group) is 1. The summed E-state index contributed by atoms with van der Waals surface area (Å²) in [6.45, 7) is 4.24. The van der Waals surface area contributed by atoms with E-state index in [4.69, 9.17) is 16.6 Å². The summed E-state index contributed by atoms with van der Waals surface area (Å²) in [5, 5.41) is 5.52. The third-order valence-corrected chi connectivity index (χ3v) is 5.55. The number of thiazole rings is 1. The van der Waals surface area contributed by atoms with Crippen molar-refractivity contribution in [1.82, 2.24) is 10.3 Å². The molecular weight excluding hydrogens is 300 g/mol. The second-order valence-corrected chi connectivity index (χ2v) is 7.16. The molecule has 2 aromatic rings. The summed E-state index contributed by atoms with van der Waals surface area (Å²) in [7, 11) is 0. The molecule has 3 rings (SSSR count). The van der Waals surface area contributed by atoms with Gasteiger partial charge >= 0.3 is 0 Å². The molecule has 1 N–H and O–H groups in total. The van der Waals surface area contributed by atoms with Gasteiger partial charge in [-0.2, -0.15) is 0 Å². The fourth-order valence-electron chi connectivity index (χ4n) is 2.96. The molecule has 0 saturated carbocycles. The third-order valence-electron chi connectivity index (χ3n) is 4.06. The number of benzene rings is 1. The molecule has 0 radical (unpaired) electrons. The SMILES string of the molecule is CCNCC1CCCc2sc(Cc3ccccc3Cl)nc21. The predicted molar refractivity (Wildman–Crippen MR) is 90.6 cm³/mol. The fraction of sp³-hybridized carbons (Fsp3) is 0.471. The zero-order valence-electron chi connectivity index (χ0n) is 12.4.